The topological polar surface area (TPSA) is 55.6 Å². The normalized spacial score (nSPS) is 14.9. The number of nitrogens with zero attached hydrogens (tertiary/aromatic N) is 2. The van der Waals surface area contributed by atoms with Gasteiger partial charge in [-0.25, -0.2) is 0 Å². The molecule has 0 unspecified atom stereocenters. The Morgan fingerprint density at radius 1 is 1.43 bits per heavy atom. The Morgan fingerprint density at radius 2 is 2.24 bits per heavy atom. The molecule has 21 heavy (non-hydrogen) atoms. The summed E-state index contributed by atoms with van der Waals surface area (Å²) in [5.74, 6) is 1.03. The number of carbonyl (C=O) groups excluding carboxylic acids is 1. The van der Waals surface area contributed by atoms with Crippen molar-refractivity contribution in [1.29, 1.82) is 0 Å². The summed E-state index contributed by atoms with van der Waals surface area (Å²) in [6.07, 6.45) is 1.03. The molecule has 1 aromatic heterocycles. The van der Waals surface area contributed by atoms with E-state index in [-0.39, 0.29) is 12.0 Å². The van der Waals surface area contributed by atoms with Gasteiger partial charge in [0.1, 0.15) is 11.9 Å². The molecule has 3 rings (SSSR count). The Kier molecular flexibility index (Phi) is 3.64. The fourth-order valence-corrected chi connectivity index (χ4v) is 2.33. The minimum Gasteiger partial charge on any atom is -0.487 e. The molecule has 1 aliphatic heterocycles. The van der Waals surface area contributed by atoms with E-state index in [9.17, 15) is 4.79 Å². The van der Waals surface area contributed by atoms with Crippen LogP contribution in [-0.4, -0.2) is 35.2 Å². The highest BCUT2D eigenvalue weighted by Crippen LogP contribution is 2.21. The van der Waals surface area contributed by atoms with Crippen molar-refractivity contribution in [3.05, 3.63) is 47.3 Å². The fourth-order valence-electron chi connectivity index (χ4n) is 2.33. The molecule has 0 radical (unpaired) electrons. The second kappa shape index (κ2) is 5.60. The zero-order valence-electron chi connectivity index (χ0n) is 12.2. The molecule has 0 spiro atoms. The largest absolute Gasteiger partial charge is 0.487 e. The monoisotopic (exact) mass is 286 g/mol. The van der Waals surface area contributed by atoms with Crippen LogP contribution in [0.3, 0.4) is 0 Å². The lowest BCUT2D eigenvalue weighted by molar-refractivity contribution is 0.0149. The number of ether oxygens (including phenoxy) is 1. The quantitative estimate of drug-likeness (QED) is 0.866. The van der Waals surface area contributed by atoms with Gasteiger partial charge in [0.05, 0.1) is 18.8 Å². The minimum absolute atomic E-state index is 0.0464. The van der Waals surface area contributed by atoms with Crippen LogP contribution in [0.2, 0.25) is 0 Å². The van der Waals surface area contributed by atoms with Crippen molar-refractivity contribution in [2.75, 3.05) is 13.1 Å². The second-order valence-corrected chi connectivity index (χ2v) is 5.28. The van der Waals surface area contributed by atoms with Crippen LogP contribution >= 0.6 is 0 Å². The third kappa shape index (κ3) is 2.91. The highest BCUT2D eigenvalue weighted by molar-refractivity contribution is 5.92. The molecule has 5 heteroatoms. The fraction of sp³-hybridized carbons (Fsp3) is 0.375. The molecule has 2 aromatic rings. The molecule has 1 amide bonds. The molecule has 0 N–H and O–H groups in total. The number of benzene rings is 1. The van der Waals surface area contributed by atoms with E-state index < -0.39 is 0 Å². The highest BCUT2D eigenvalue weighted by atomic mass is 16.5. The summed E-state index contributed by atoms with van der Waals surface area (Å²) >= 11 is 0. The number of rotatable bonds is 4. The van der Waals surface area contributed by atoms with Crippen molar-refractivity contribution < 1.29 is 14.1 Å². The van der Waals surface area contributed by atoms with Crippen LogP contribution in [0.4, 0.5) is 0 Å². The van der Waals surface area contributed by atoms with E-state index >= 15 is 0 Å². The van der Waals surface area contributed by atoms with Crippen molar-refractivity contribution in [2.45, 2.75) is 26.4 Å². The van der Waals surface area contributed by atoms with E-state index in [0.29, 0.717) is 24.5 Å². The summed E-state index contributed by atoms with van der Waals surface area (Å²) in [6, 6.07) is 9.72. The smallest absolute Gasteiger partial charge is 0.292 e. The Balaban J connectivity index is 1.54. The van der Waals surface area contributed by atoms with Crippen molar-refractivity contribution in [3.8, 4) is 5.75 Å². The minimum atomic E-state index is -0.127. The average molecular weight is 286 g/mol. The molecular weight excluding hydrogens is 268 g/mol. The van der Waals surface area contributed by atoms with Crippen molar-refractivity contribution in [3.63, 3.8) is 0 Å². The van der Waals surface area contributed by atoms with Crippen LogP contribution in [0.5, 0.6) is 5.75 Å². The van der Waals surface area contributed by atoms with Gasteiger partial charge in [0.15, 0.2) is 0 Å². The number of aryl methyl sites for hydroxylation is 2. The van der Waals surface area contributed by atoms with Crippen LogP contribution in [0.15, 0.2) is 34.9 Å². The molecule has 2 heterocycles. The number of carbonyl (C=O) groups is 1. The Hall–Kier alpha value is -2.30. The molecule has 0 aliphatic carbocycles. The molecule has 5 nitrogen and oxygen atoms in total. The third-order valence-corrected chi connectivity index (χ3v) is 3.58. The standard InChI is InChI=1S/C16H18N2O3/c1-3-12-5-4-6-13(8-12)20-14-9-18(10-14)16(19)15-7-11(2)17-21-15/h4-8,14H,3,9-10H2,1-2H3. The predicted octanol–water partition coefficient (Wildman–Crippen LogP) is 2.45. The van der Waals surface area contributed by atoms with E-state index in [0.717, 1.165) is 12.2 Å². The lowest BCUT2D eigenvalue weighted by atomic mass is 10.1. The van der Waals surface area contributed by atoms with Gasteiger partial charge in [-0.3, -0.25) is 4.79 Å². The first-order valence-electron chi connectivity index (χ1n) is 7.14. The van der Waals surface area contributed by atoms with Crippen molar-refractivity contribution in [1.82, 2.24) is 10.1 Å². The molecule has 0 atom stereocenters. The Morgan fingerprint density at radius 3 is 2.90 bits per heavy atom. The lowest BCUT2D eigenvalue weighted by Crippen LogP contribution is -2.56. The van der Waals surface area contributed by atoms with Gasteiger partial charge in [-0.2, -0.15) is 0 Å². The van der Waals surface area contributed by atoms with Crippen LogP contribution in [0.25, 0.3) is 0 Å². The first kappa shape index (κ1) is 13.7. The molecule has 110 valence electrons. The van der Waals surface area contributed by atoms with Gasteiger partial charge in [-0.1, -0.05) is 24.2 Å². The summed E-state index contributed by atoms with van der Waals surface area (Å²) < 4.78 is 10.9. The van der Waals surface area contributed by atoms with Gasteiger partial charge < -0.3 is 14.2 Å². The van der Waals surface area contributed by atoms with E-state index in [1.807, 2.05) is 18.2 Å². The van der Waals surface area contributed by atoms with Gasteiger partial charge in [0.2, 0.25) is 5.76 Å². The molecule has 1 aromatic carbocycles. The molecule has 1 saturated heterocycles. The number of amides is 1. The van der Waals surface area contributed by atoms with E-state index in [1.165, 1.54) is 5.56 Å². The summed E-state index contributed by atoms with van der Waals surface area (Å²) in [4.78, 5) is 13.8. The van der Waals surface area contributed by atoms with Gasteiger partial charge in [-0.05, 0) is 31.0 Å². The van der Waals surface area contributed by atoms with Crippen LogP contribution in [0.1, 0.15) is 28.7 Å². The molecule has 1 aliphatic rings. The second-order valence-electron chi connectivity index (χ2n) is 5.28. The van der Waals surface area contributed by atoms with Gasteiger partial charge in [0.25, 0.3) is 5.91 Å². The Labute approximate surface area is 123 Å². The third-order valence-electron chi connectivity index (χ3n) is 3.58. The number of likely N-dealkylation sites (tertiary alicyclic amines) is 1. The predicted molar refractivity (Wildman–Crippen MR) is 77.4 cm³/mol. The van der Waals surface area contributed by atoms with Crippen LogP contribution < -0.4 is 4.74 Å². The van der Waals surface area contributed by atoms with Gasteiger partial charge in [0, 0.05) is 6.07 Å². The lowest BCUT2D eigenvalue weighted by Gasteiger charge is -2.38. The summed E-state index contributed by atoms with van der Waals surface area (Å²) in [5.41, 5.74) is 1.96. The van der Waals surface area contributed by atoms with Gasteiger partial charge >= 0.3 is 0 Å². The van der Waals surface area contributed by atoms with Gasteiger partial charge in [-0.15, -0.1) is 0 Å². The number of aromatic nitrogens is 1. The maximum atomic E-state index is 12.1. The molecule has 0 saturated carbocycles. The van der Waals surface area contributed by atoms with Crippen LogP contribution in [-0.2, 0) is 6.42 Å². The number of hydrogen-bond acceptors (Lipinski definition) is 4. The summed E-state index contributed by atoms with van der Waals surface area (Å²) in [7, 11) is 0. The van der Waals surface area contributed by atoms with Crippen molar-refractivity contribution >= 4 is 5.91 Å². The summed E-state index contributed by atoms with van der Waals surface area (Å²) in [6.45, 7) is 5.06. The SMILES string of the molecule is CCc1cccc(OC2CN(C(=O)c3cc(C)no3)C2)c1. The van der Waals surface area contributed by atoms with E-state index in [1.54, 1.807) is 17.9 Å². The first-order valence-corrected chi connectivity index (χ1v) is 7.14. The number of hydrogen-bond donors (Lipinski definition) is 0. The zero-order chi connectivity index (χ0) is 14.8. The molecule has 1 fully saturated rings. The molecule has 0 bridgehead atoms. The maximum absolute atomic E-state index is 12.1. The highest BCUT2D eigenvalue weighted by Gasteiger charge is 2.34. The molecular formula is C16H18N2O3. The Bertz CT molecular complexity index is 644. The van der Waals surface area contributed by atoms with Crippen molar-refractivity contribution in [2.24, 2.45) is 0 Å². The van der Waals surface area contributed by atoms with E-state index in [2.05, 4.69) is 18.1 Å². The van der Waals surface area contributed by atoms with E-state index in [4.69, 9.17) is 9.26 Å². The maximum Gasteiger partial charge on any atom is 0.292 e. The first-order chi connectivity index (χ1) is 10.2. The zero-order valence-corrected chi connectivity index (χ0v) is 12.2. The average Bonchev–Trinajstić information content (AvgIpc) is 2.88. The van der Waals surface area contributed by atoms with Crippen LogP contribution in [0, 0.1) is 6.92 Å². The summed E-state index contributed by atoms with van der Waals surface area (Å²) in [5, 5.41) is 3.73.